The van der Waals surface area contributed by atoms with E-state index in [1.54, 1.807) is 6.20 Å². The van der Waals surface area contributed by atoms with E-state index >= 15 is 0 Å². The van der Waals surface area contributed by atoms with E-state index in [0.717, 1.165) is 5.57 Å². The molecule has 2 nitrogen and oxygen atoms in total. The highest BCUT2D eigenvalue weighted by Gasteiger charge is 2.12. The minimum absolute atomic E-state index is 0.296. The van der Waals surface area contributed by atoms with Gasteiger partial charge in [-0.3, -0.25) is 0 Å². The van der Waals surface area contributed by atoms with Crippen LogP contribution in [0.1, 0.15) is 6.92 Å². The highest BCUT2D eigenvalue weighted by atomic mass is 14.9. The predicted octanol–water partition coefficient (Wildman–Crippen LogP) is 0.386. The van der Waals surface area contributed by atoms with Gasteiger partial charge in [0.25, 0.3) is 0 Å². The fraction of sp³-hybridized carbons (Fsp3) is 0.400. The molecule has 1 atom stereocenters. The Morgan fingerprint density at radius 3 is 2.71 bits per heavy atom. The van der Waals surface area contributed by atoms with Crippen LogP contribution in [0.5, 0.6) is 0 Å². The van der Waals surface area contributed by atoms with E-state index in [1.807, 2.05) is 13.0 Å². The Labute approximate surface area is 42.4 Å². The fourth-order valence-electron chi connectivity index (χ4n) is 0.462. The van der Waals surface area contributed by atoms with Crippen LogP contribution in [0.25, 0.3) is 0 Å². The van der Waals surface area contributed by atoms with Crippen LogP contribution in [0.4, 0.5) is 0 Å². The van der Waals surface area contributed by atoms with Gasteiger partial charge in [-0.15, -0.1) is 0 Å². The molecule has 0 aromatic heterocycles. The molecule has 0 radical (unpaired) electrons. The Hall–Kier alpha value is -0.970. The van der Waals surface area contributed by atoms with Gasteiger partial charge in [0.15, 0.2) is 0 Å². The van der Waals surface area contributed by atoms with Crippen LogP contribution in [0.15, 0.2) is 11.8 Å². The van der Waals surface area contributed by atoms with Crippen LogP contribution in [-0.2, 0) is 0 Å². The minimum atomic E-state index is 0.296. The highest BCUT2D eigenvalue weighted by molar-refractivity contribution is 5.32. The quantitative estimate of drug-likeness (QED) is 0.471. The zero-order valence-electron chi connectivity index (χ0n) is 4.10. The largest absolute Gasteiger partial charge is 0.383 e. The summed E-state index contributed by atoms with van der Waals surface area (Å²) in [5, 5.41) is 11.1. The van der Waals surface area contributed by atoms with Crippen molar-refractivity contribution in [3.63, 3.8) is 0 Å². The zero-order chi connectivity index (χ0) is 5.28. The van der Waals surface area contributed by atoms with Gasteiger partial charge in [-0.05, 0) is 6.92 Å². The van der Waals surface area contributed by atoms with Crippen molar-refractivity contribution in [3.05, 3.63) is 11.8 Å². The normalized spacial score (nSPS) is 26.3. The lowest BCUT2D eigenvalue weighted by Crippen LogP contribution is -2.32. The third-order valence-electron chi connectivity index (χ3n) is 1.08. The first-order valence-corrected chi connectivity index (χ1v) is 2.21. The number of nitrogens with one attached hydrogen (secondary N) is 1. The Kier molecular flexibility index (Phi) is 0.759. The average molecular weight is 94.1 g/mol. The molecule has 1 heterocycles. The molecule has 1 aliphatic rings. The molecule has 0 aromatic carbocycles. The lowest BCUT2D eigenvalue weighted by molar-refractivity contribution is 0.669. The van der Waals surface area contributed by atoms with Crippen molar-refractivity contribution in [3.8, 4) is 6.07 Å². The molecule has 1 rings (SSSR count). The monoisotopic (exact) mass is 94.1 g/mol. The van der Waals surface area contributed by atoms with Crippen LogP contribution in [0.3, 0.4) is 0 Å². The summed E-state index contributed by atoms with van der Waals surface area (Å²) in [6, 6.07) is 2.35. The van der Waals surface area contributed by atoms with Crippen molar-refractivity contribution < 1.29 is 0 Å². The predicted molar refractivity (Wildman–Crippen MR) is 26.3 cm³/mol. The molecule has 0 aromatic rings. The van der Waals surface area contributed by atoms with Gasteiger partial charge in [-0.1, -0.05) is 0 Å². The first kappa shape index (κ1) is 4.20. The van der Waals surface area contributed by atoms with Gasteiger partial charge >= 0.3 is 0 Å². The maximum atomic E-state index is 8.20. The van der Waals surface area contributed by atoms with Crippen LogP contribution >= 0.6 is 0 Å². The topological polar surface area (TPSA) is 35.8 Å². The second-order valence-electron chi connectivity index (χ2n) is 1.60. The van der Waals surface area contributed by atoms with Gasteiger partial charge in [0.05, 0.1) is 17.7 Å². The van der Waals surface area contributed by atoms with Crippen LogP contribution in [0.2, 0.25) is 0 Å². The molecule has 0 fully saturated rings. The molecule has 2 heteroatoms. The third-order valence-corrected chi connectivity index (χ3v) is 1.08. The van der Waals surface area contributed by atoms with Crippen molar-refractivity contribution in [2.45, 2.75) is 13.0 Å². The fourth-order valence-corrected chi connectivity index (χ4v) is 0.462. The van der Waals surface area contributed by atoms with Gasteiger partial charge < -0.3 is 5.32 Å². The Balaban J connectivity index is 2.62. The Bertz CT molecular complexity index is 141. The molecule has 0 saturated carbocycles. The Morgan fingerprint density at radius 1 is 2.00 bits per heavy atom. The second-order valence-corrected chi connectivity index (χ2v) is 1.60. The Morgan fingerprint density at radius 2 is 2.71 bits per heavy atom. The molecule has 0 saturated heterocycles. The van der Waals surface area contributed by atoms with Crippen LogP contribution < -0.4 is 5.32 Å². The first-order chi connectivity index (χ1) is 3.34. The number of nitrogens with zero attached hydrogens (tertiary/aromatic N) is 1. The molecule has 0 amide bonds. The van der Waals surface area contributed by atoms with Crippen LogP contribution in [-0.4, -0.2) is 6.04 Å². The average Bonchev–Trinajstić information content (AvgIpc) is 1.65. The lowest BCUT2D eigenvalue weighted by Gasteiger charge is -2.18. The molecule has 1 aliphatic heterocycles. The number of nitriles is 1. The SMILES string of the molecule is CC1NC=C1C#N. The van der Waals surface area contributed by atoms with E-state index in [9.17, 15) is 0 Å². The molecule has 7 heavy (non-hydrogen) atoms. The second kappa shape index (κ2) is 1.27. The highest BCUT2D eigenvalue weighted by Crippen LogP contribution is 2.06. The van der Waals surface area contributed by atoms with Gasteiger partial charge in [0.2, 0.25) is 0 Å². The molecule has 1 unspecified atom stereocenters. The molecule has 36 valence electrons. The molecule has 0 bridgehead atoms. The number of rotatable bonds is 0. The summed E-state index contributed by atoms with van der Waals surface area (Å²) < 4.78 is 0. The van der Waals surface area contributed by atoms with E-state index in [-0.39, 0.29) is 0 Å². The summed E-state index contributed by atoms with van der Waals surface area (Å²) in [5.74, 6) is 0. The summed E-state index contributed by atoms with van der Waals surface area (Å²) >= 11 is 0. The molecular formula is C5H6N2. The van der Waals surface area contributed by atoms with Crippen molar-refractivity contribution >= 4 is 0 Å². The van der Waals surface area contributed by atoms with Crippen molar-refractivity contribution in [2.75, 3.05) is 0 Å². The van der Waals surface area contributed by atoms with Crippen LogP contribution in [0, 0.1) is 11.3 Å². The summed E-state index contributed by atoms with van der Waals surface area (Å²) in [7, 11) is 0. The van der Waals surface area contributed by atoms with Gasteiger partial charge in [-0.2, -0.15) is 5.26 Å². The number of hydrogen-bond donors (Lipinski definition) is 1. The van der Waals surface area contributed by atoms with Crippen molar-refractivity contribution in [2.24, 2.45) is 0 Å². The van der Waals surface area contributed by atoms with Crippen molar-refractivity contribution in [1.82, 2.24) is 5.32 Å². The van der Waals surface area contributed by atoms with E-state index in [2.05, 4.69) is 5.32 Å². The summed E-state index contributed by atoms with van der Waals surface area (Å²) in [6.07, 6.45) is 1.73. The maximum Gasteiger partial charge on any atom is 0.0984 e. The minimum Gasteiger partial charge on any atom is -0.383 e. The number of hydrogen-bond acceptors (Lipinski definition) is 2. The zero-order valence-corrected chi connectivity index (χ0v) is 4.10. The summed E-state index contributed by atoms with van der Waals surface area (Å²) in [5.41, 5.74) is 0.847. The smallest absolute Gasteiger partial charge is 0.0984 e. The first-order valence-electron chi connectivity index (χ1n) is 2.21. The molecule has 1 N–H and O–H groups in total. The molecular weight excluding hydrogens is 88.1 g/mol. The van der Waals surface area contributed by atoms with Crippen molar-refractivity contribution in [1.29, 1.82) is 5.26 Å². The molecule has 0 spiro atoms. The van der Waals surface area contributed by atoms with Gasteiger partial charge in [0.1, 0.15) is 0 Å². The van der Waals surface area contributed by atoms with E-state index in [0.29, 0.717) is 6.04 Å². The maximum absolute atomic E-state index is 8.20. The lowest BCUT2D eigenvalue weighted by atomic mass is 10.1. The molecule has 0 aliphatic carbocycles. The summed E-state index contributed by atoms with van der Waals surface area (Å²) in [4.78, 5) is 0. The van der Waals surface area contributed by atoms with Gasteiger partial charge in [0, 0.05) is 6.20 Å². The van der Waals surface area contributed by atoms with E-state index < -0.39 is 0 Å². The summed E-state index contributed by atoms with van der Waals surface area (Å²) in [6.45, 7) is 1.96. The third kappa shape index (κ3) is 0.459. The van der Waals surface area contributed by atoms with E-state index in [4.69, 9.17) is 5.26 Å². The van der Waals surface area contributed by atoms with Gasteiger partial charge in [-0.25, -0.2) is 0 Å². The van der Waals surface area contributed by atoms with E-state index in [1.165, 1.54) is 0 Å². The standard InChI is InChI=1S/C5H6N2/c1-4-5(2-6)3-7-4/h3-4,7H,1H3.